The van der Waals surface area contributed by atoms with Crippen molar-refractivity contribution in [3.63, 3.8) is 0 Å². The molecule has 0 aliphatic heterocycles. The SMILES string of the molecule is COC(=O)Cc1cc(F)cc(N)c1C#N. The monoisotopic (exact) mass is 208 g/mol. The molecule has 4 nitrogen and oxygen atoms in total. The van der Waals surface area contributed by atoms with Crippen LogP contribution in [0.25, 0.3) is 0 Å². The maximum atomic E-state index is 13.0. The summed E-state index contributed by atoms with van der Waals surface area (Å²) in [6.45, 7) is 0. The minimum absolute atomic E-state index is 0.0244. The van der Waals surface area contributed by atoms with Gasteiger partial charge in [0.25, 0.3) is 0 Å². The first kappa shape index (κ1) is 11.0. The van der Waals surface area contributed by atoms with Crippen LogP contribution in [0, 0.1) is 17.1 Å². The van der Waals surface area contributed by atoms with Gasteiger partial charge in [0, 0.05) is 0 Å². The Morgan fingerprint density at radius 2 is 2.33 bits per heavy atom. The van der Waals surface area contributed by atoms with Gasteiger partial charge in [0.2, 0.25) is 0 Å². The third-order valence-corrected chi connectivity index (χ3v) is 1.89. The van der Waals surface area contributed by atoms with Crippen LogP contribution in [-0.4, -0.2) is 13.1 Å². The number of halogens is 1. The van der Waals surface area contributed by atoms with Crippen LogP contribution < -0.4 is 5.73 Å². The van der Waals surface area contributed by atoms with E-state index in [1.54, 1.807) is 0 Å². The summed E-state index contributed by atoms with van der Waals surface area (Å²) < 4.78 is 17.4. The number of nitrogen functional groups attached to an aromatic ring is 1. The zero-order chi connectivity index (χ0) is 11.4. The molecular weight excluding hydrogens is 199 g/mol. The van der Waals surface area contributed by atoms with Gasteiger partial charge in [-0.25, -0.2) is 4.39 Å². The lowest BCUT2D eigenvalue weighted by atomic mass is 10.0. The summed E-state index contributed by atoms with van der Waals surface area (Å²) in [6.07, 6.45) is -0.165. The molecule has 0 aromatic heterocycles. The first-order valence-electron chi connectivity index (χ1n) is 4.13. The number of nitriles is 1. The lowest BCUT2D eigenvalue weighted by molar-refractivity contribution is -0.139. The Kier molecular flexibility index (Phi) is 3.24. The Morgan fingerprint density at radius 3 is 2.87 bits per heavy atom. The van der Waals surface area contributed by atoms with Crippen LogP contribution in [0.15, 0.2) is 12.1 Å². The summed E-state index contributed by atoms with van der Waals surface area (Å²) >= 11 is 0. The third-order valence-electron chi connectivity index (χ3n) is 1.89. The minimum Gasteiger partial charge on any atom is -0.469 e. The number of rotatable bonds is 2. The summed E-state index contributed by atoms with van der Waals surface area (Å²) in [4.78, 5) is 11.0. The summed E-state index contributed by atoms with van der Waals surface area (Å²) in [6, 6.07) is 3.97. The number of hydrogen-bond donors (Lipinski definition) is 1. The molecule has 15 heavy (non-hydrogen) atoms. The molecule has 0 aliphatic carbocycles. The molecule has 0 aliphatic rings. The minimum atomic E-state index is -0.578. The standard InChI is InChI=1S/C10H9FN2O2/c1-15-10(14)3-6-2-7(11)4-9(13)8(6)5-12/h2,4H,3,13H2,1H3. The number of nitrogens with two attached hydrogens (primary N) is 1. The predicted molar refractivity (Wildman–Crippen MR) is 51.2 cm³/mol. The predicted octanol–water partition coefficient (Wildman–Crippen LogP) is 0.995. The van der Waals surface area contributed by atoms with Gasteiger partial charge in [-0.05, 0) is 17.7 Å². The van der Waals surface area contributed by atoms with Crippen LogP contribution in [0.2, 0.25) is 0 Å². The highest BCUT2D eigenvalue weighted by atomic mass is 19.1. The van der Waals surface area contributed by atoms with E-state index in [9.17, 15) is 9.18 Å². The average Bonchev–Trinajstić information content (AvgIpc) is 2.17. The van der Waals surface area contributed by atoms with Crippen molar-refractivity contribution in [2.45, 2.75) is 6.42 Å². The molecular formula is C10H9FN2O2. The fraction of sp³-hybridized carbons (Fsp3) is 0.200. The number of hydrogen-bond acceptors (Lipinski definition) is 4. The van der Waals surface area contributed by atoms with Crippen LogP contribution in [0.4, 0.5) is 10.1 Å². The van der Waals surface area contributed by atoms with Crippen molar-refractivity contribution in [3.05, 3.63) is 29.1 Å². The topological polar surface area (TPSA) is 76.1 Å². The van der Waals surface area contributed by atoms with E-state index in [1.807, 2.05) is 6.07 Å². The first-order chi connectivity index (χ1) is 7.08. The van der Waals surface area contributed by atoms with Crippen molar-refractivity contribution in [3.8, 4) is 6.07 Å². The molecule has 0 bridgehead atoms. The lowest BCUT2D eigenvalue weighted by Gasteiger charge is -2.05. The van der Waals surface area contributed by atoms with E-state index < -0.39 is 11.8 Å². The highest BCUT2D eigenvalue weighted by molar-refractivity contribution is 5.75. The van der Waals surface area contributed by atoms with Crippen LogP contribution >= 0.6 is 0 Å². The Hall–Kier alpha value is -2.09. The van der Waals surface area contributed by atoms with E-state index in [0.717, 1.165) is 12.1 Å². The molecule has 0 saturated carbocycles. The van der Waals surface area contributed by atoms with Crippen molar-refractivity contribution in [1.29, 1.82) is 5.26 Å². The first-order valence-corrected chi connectivity index (χ1v) is 4.13. The molecule has 0 unspecified atom stereocenters. The van der Waals surface area contributed by atoms with E-state index in [2.05, 4.69) is 4.74 Å². The van der Waals surface area contributed by atoms with Gasteiger partial charge in [0.1, 0.15) is 11.9 Å². The number of carbonyl (C=O) groups excluding carboxylic acids is 1. The Balaban J connectivity index is 3.16. The number of carbonyl (C=O) groups is 1. The number of nitrogens with zero attached hydrogens (tertiary/aromatic N) is 1. The second-order valence-corrected chi connectivity index (χ2v) is 2.89. The third kappa shape index (κ3) is 2.44. The van der Waals surface area contributed by atoms with Gasteiger partial charge < -0.3 is 10.5 Å². The Morgan fingerprint density at radius 1 is 1.67 bits per heavy atom. The molecule has 0 heterocycles. The smallest absolute Gasteiger partial charge is 0.310 e. The zero-order valence-corrected chi connectivity index (χ0v) is 8.08. The summed E-state index contributed by atoms with van der Waals surface area (Å²) in [5, 5.41) is 8.77. The lowest BCUT2D eigenvalue weighted by Crippen LogP contribution is -2.08. The number of benzene rings is 1. The van der Waals surface area contributed by atoms with E-state index in [0.29, 0.717) is 0 Å². The van der Waals surface area contributed by atoms with E-state index in [1.165, 1.54) is 7.11 Å². The molecule has 0 radical (unpaired) electrons. The van der Waals surface area contributed by atoms with Gasteiger partial charge in [-0.15, -0.1) is 0 Å². The normalized spacial score (nSPS) is 9.40. The summed E-state index contributed by atoms with van der Waals surface area (Å²) in [7, 11) is 1.22. The van der Waals surface area contributed by atoms with E-state index in [-0.39, 0.29) is 23.2 Å². The maximum Gasteiger partial charge on any atom is 0.310 e. The van der Waals surface area contributed by atoms with Gasteiger partial charge in [0.15, 0.2) is 0 Å². The fourth-order valence-electron chi connectivity index (χ4n) is 1.19. The van der Waals surface area contributed by atoms with Crippen molar-refractivity contribution < 1.29 is 13.9 Å². The second kappa shape index (κ2) is 4.42. The quantitative estimate of drug-likeness (QED) is 0.581. The molecule has 0 fully saturated rings. The Bertz CT molecular complexity index is 438. The molecule has 0 saturated heterocycles. The molecule has 5 heteroatoms. The van der Waals surface area contributed by atoms with Crippen molar-refractivity contribution in [2.75, 3.05) is 12.8 Å². The molecule has 1 aromatic rings. The molecule has 1 rings (SSSR count). The largest absolute Gasteiger partial charge is 0.469 e. The summed E-state index contributed by atoms with van der Waals surface area (Å²) in [5.74, 6) is -1.12. The molecule has 0 amide bonds. The molecule has 78 valence electrons. The molecule has 1 aromatic carbocycles. The van der Waals surface area contributed by atoms with Gasteiger partial charge in [-0.2, -0.15) is 5.26 Å². The fourth-order valence-corrected chi connectivity index (χ4v) is 1.19. The van der Waals surface area contributed by atoms with Crippen molar-refractivity contribution in [2.24, 2.45) is 0 Å². The van der Waals surface area contributed by atoms with E-state index >= 15 is 0 Å². The van der Waals surface area contributed by atoms with Gasteiger partial charge in [-0.3, -0.25) is 4.79 Å². The molecule has 2 N–H and O–H groups in total. The van der Waals surface area contributed by atoms with Gasteiger partial charge >= 0.3 is 5.97 Å². The van der Waals surface area contributed by atoms with Crippen molar-refractivity contribution in [1.82, 2.24) is 0 Å². The average molecular weight is 208 g/mol. The molecule has 0 spiro atoms. The highest BCUT2D eigenvalue weighted by Gasteiger charge is 2.12. The van der Waals surface area contributed by atoms with Crippen LogP contribution in [0.3, 0.4) is 0 Å². The van der Waals surface area contributed by atoms with Gasteiger partial charge in [-0.1, -0.05) is 0 Å². The number of ether oxygens (including phenoxy) is 1. The Labute approximate surface area is 86.1 Å². The van der Waals surface area contributed by atoms with Gasteiger partial charge in [0.05, 0.1) is 24.8 Å². The van der Waals surface area contributed by atoms with Crippen LogP contribution in [0.5, 0.6) is 0 Å². The van der Waals surface area contributed by atoms with Crippen LogP contribution in [0.1, 0.15) is 11.1 Å². The van der Waals surface area contributed by atoms with E-state index in [4.69, 9.17) is 11.0 Å². The van der Waals surface area contributed by atoms with Crippen molar-refractivity contribution >= 4 is 11.7 Å². The number of esters is 1. The summed E-state index contributed by atoms with van der Waals surface area (Å²) in [5.41, 5.74) is 5.81. The highest BCUT2D eigenvalue weighted by Crippen LogP contribution is 2.19. The second-order valence-electron chi connectivity index (χ2n) is 2.89. The van der Waals surface area contributed by atoms with Crippen LogP contribution in [-0.2, 0) is 16.0 Å². The molecule has 0 atom stereocenters. The zero-order valence-electron chi connectivity index (χ0n) is 8.08. The number of methoxy groups -OCH3 is 1. The maximum absolute atomic E-state index is 13.0. The number of anilines is 1.